The minimum absolute atomic E-state index is 0.0116. The molecule has 1 atom stereocenters. The van der Waals surface area contributed by atoms with Crippen LogP contribution in [0.5, 0.6) is 11.5 Å². The van der Waals surface area contributed by atoms with Crippen LogP contribution >= 0.6 is 0 Å². The van der Waals surface area contributed by atoms with Gasteiger partial charge in [0.25, 0.3) is 5.56 Å². The minimum Gasteiger partial charge on any atom is -0.493 e. The Kier molecular flexibility index (Phi) is 5.76. The number of rotatable bonds is 7. The first-order valence-electron chi connectivity index (χ1n) is 8.93. The van der Waals surface area contributed by atoms with Crippen molar-refractivity contribution >= 4 is 10.9 Å². The van der Waals surface area contributed by atoms with Crippen molar-refractivity contribution in [3.05, 3.63) is 64.2 Å². The fraction of sp³-hybridized carbons (Fsp3) is 0.333. The Morgan fingerprint density at radius 2 is 1.85 bits per heavy atom. The van der Waals surface area contributed by atoms with Crippen LogP contribution in [-0.2, 0) is 6.42 Å². The van der Waals surface area contributed by atoms with Crippen LogP contribution in [0.1, 0.15) is 24.4 Å². The SMILES string of the molecule is COc1ccc(CCN(C)[C@@H](C)c2nc3ccccc3c(=O)[nH]2)cc1OC. The van der Waals surface area contributed by atoms with Crippen molar-refractivity contribution in [2.45, 2.75) is 19.4 Å². The van der Waals surface area contributed by atoms with Gasteiger partial charge in [-0.15, -0.1) is 0 Å². The number of ether oxygens (including phenoxy) is 2. The van der Waals surface area contributed by atoms with Crippen LogP contribution in [0.4, 0.5) is 0 Å². The van der Waals surface area contributed by atoms with Crippen LogP contribution in [0.3, 0.4) is 0 Å². The number of nitrogens with one attached hydrogen (secondary N) is 1. The standard InChI is InChI=1S/C21H25N3O3/c1-14(20-22-17-8-6-5-7-16(17)21(25)23-20)24(2)12-11-15-9-10-18(26-3)19(13-15)27-4/h5-10,13-14H,11-12H2,1-4H3,(H,22,23,25)/t14-/m0/s1. The Labute approximate surface area is 158 Å². The van der Waals surface area contributed by atoms with E-state index >= 15 is 0 Å². The molecule has 0 saturated carbocycles. The molecule has 1 heterocycles. The Morgan fingerprint density at radius 3 is 2.59 bits per heavy atom. The van der Waals surface area contributed by atoms with Gasteiger partial charge in [0.05, 0.1) is 31.2 Å². The van der Waals surface area contributed by atoms with E-state index in [1.54, 1.807) is 20.3 Å². The van der Waals surface area contributed by atoms with Crippen molar-refractivity contribution in [2.75, 3.05) is 27.8 Å². The molecule has 0 radical (unpaired) electrons. The summed E-state index contributed by atoms with van der Waals surface area (Å²) in [7, 11) is 5.29. The highest BCUT2D eigenvalue weighted by atomic mass is 16.5. The maximum atomic E-state index is 12.3. The lowest BCUT2D eigenvalue weighted by molar-refractivity contribution is 0.255. The molecule has 0 aliphatic rings. The third kappa shape index (κ3) is 4.11. The number of aromatic amines is 1. The Morgan fingerprint density at radius 1 is 1.11 bits per heavy atom. The number of benzene rings is 2. The van der Waals surface area contributed by atoms with E-state index in [2.05, 4.69) is 14.9 Å². The van der Waals surface area contributed by atoms with Gasteiger partial charge in [-0.25, -0.2) is 4.98 Å². The predicted octanol–water partition coefficient (Wildman–Crippen LogP) is 3.18. The normalized spacial score (nSPS) is 12.3. The molecular weight excluding hydrogens is 342 g/mol. The number of hydrogen-bond acceptors (Lipinski definition) is 5. The summed E-state index contributed by atoms with van der Waals surface area (Å²) >= 11 is 0. The molecule has 3 aromatic rings. The lowest BCUT2D eigenvalue weighted by Crippen LogP contribution is -2.28. The van der Waals surface area contributed by atoms with Gasteiger partial charge in [-0.1, -0.05) is 18.2 Å². The molecule has 27 heavy (non-hydrogen) atoms. The summed E-state index contributed by atoms with van der Waals surface area (Å²) in [5, 5.41) is 0.612. The van der Waals surface area contributed by atoms with Crippen LogP contribution < -0.4 is 15.0 Å². The number of nitrogens with zero attached hydrogens (tertiary/aromatic N) is 2. The monoisotopic (exact) mass is 367 g/mol. The second-order valence-electron chi connectivity index (χ2n) is 6.56. The number of aromatic nitrogens is 2. The zero-order valence-electron chi connectivity index (χ0n) is 16.2. The highest BCUT2D eigenvalue weighted by molar-refractivity contribution is 5.77. The highest BCUT2D eigenvalue weighted by Crippen LogP contribution is 2.28. The van der Waals surface area contributed by atoms with Gasteiger partial charge in [-0.3, -0.25) is 9.69 Å². The molecule has 2 aromatic carbocycles. The zero-order valence-corrected chi connectivity index (χ0v) is 16.2. The van der Waals surface area contributed by atoms with Gasteiger partial charge in [-0.2, -0.15) is 0 Å². The summed E-state index contributed by atoms with van der Waals surface area (Å²) in [5.41, 5.74) is 1.78. The maximum absolute atomic E-state index is 12.3. The molecular formula is C21H25N3O3. The van der Waals surface area contributed by atoms with Gasteiger partial charge >= 0.3 is 0 Å². The number of likely N-dealkylation sites (N-methyl/N-ethyl adjacent to an activating group) is 1. The third-order valence-electron chi connectivity index (χ3n) is 4.89. The first-order valence-corrected chi connectivity index (χ1v) is 8.93. The number of fused-ring (bicyclic) bond motifs is 1. The minimum atomic E-state index is -0.101. The largest absolute Gasteiger partial charge is 0.493 e. The van der Waals surface area contributed by atoms with Crippen LogP contribution in [0.25, 0.3) is 10.9 Å². The predicted molar refractivity (Wildman–Crippen MR) is 107 cm³/mol. The fourth-order valence-corrected chi connectivity index (χ4v) is 3.05. The van der Waals surface area contributed by atoms with E-state index in [1.807, 2.05) is 50.4 Å². The summed E-state index contributed by atoms with van der Waals surface area (Å²) in [4.78, 5) is 22.0. The van der Waals surface area contributed by atoms with E-state index in [0.717, 1.165) is 35.5 Å². The second kappa shape index (κ2) is 8.22. The van der Waals surface area contributed by atoms with Gasteiger partial charge < -0.3 is 14.5 Å². The summed E-state index contributed by atoms with van der Waals surface area (Å²) in [6.07, 6.45) is 0.846. The Hall–Kier alpha value is -2.86. The molecule has 0 aliphatic heterocycles. The van der Waals surface area contributed by atoms with Gasteiger partial charge in [0.1, 0.15) is 5.82 Å². The molecule has 1 aromatic heterocycles. The van der Waals surface area contributed by atoms with Gasteiger partial charge in [-0.05, 0) is 50.2 Å². The average molecular weight is 367 g/mol. The Bertz CT molecular complexity index is 984. The third-order valence-corrected chi connectivity index (χ3v) is 4.89. The first-order chi connectivity index (χ1) is 13.0. The molecule has 0 fully saturated rings. The van der Waals surface area contributed by atoms with Crippen molar-refractivity contribution in [1.82, 2.24) is 14.9 Å². The molecule has 0 unspecified atom stereocenters. The van der Waals surface area contributed by atoms with Crippen molar-refractivity contribution in [3.8, 4) is 11.5 Å². The summed E-state index contributed by atoms with van der Waals surface area (Å²) in [6, 6.07) is 13.3. The number of para-hydroxylation sites is 1. The zero-order chi connectivity index (χ0) is 19.4. The highest BCUT2D eigenvalue weighted by Gasteiger charge is 2.16. The van der Waals surface area contributed by atoms with Crippen molar-refractivity contribution < 1.29 is 9.47 Å². The average Bonchev–Trinajstić information content (AvgIpc) is 2.71. The molecule has 0 spiro atoms. The van der Waals surface area contributed by atoms with Gasteiger partial charge in [0.2, 0.25) is 0 Å². The summed E-state index contributed by atoms with van der Waals surface area (Å²) in [6.45, 7) is 2.86. The van der Waals surface area contributed by atoms with Crippen molar-refractivity contribution in [3.63, 3.8) is 0 Å². The Balaban J connectivity index is 1.73. The van der Waals surface area contributed by atoms with Crippen molar-refractivity contribution in [2.24, 2.45) is 0 Å². The maximum Gasteiger partial charge on any atom is 0.258 e. The lowest BCUT2D eigenvalue weighted by Gasteiger charge is -2.24. The van der Waals surface area contributed by atoms with Gasteiger partial charge in [0.15, 0.2) is 11.5 Å². The summed E-state index contributed by atoms with van der Waals surface area (Å²) in [5.74, 6) is 2.13. The second-order valence-corrected chi connectivity index (χ2v) is 6.56. The van der Waals surface area contributed by atoms with Crippen LogP contribution in [0, 0.1) is 0 Å². The topological polar surface area (TPSA) is 67.5 Å². The molecule has 0 saturated heterocycles. The molecule has 6 nitrogen and oxygen atoms in total. The molecule has 0 amide bonds. The molecule has 0 aliphatic carbocycles. The van der Waals surface area contributed by atoms with E-state index in [1.165, 1.54) is 0 Å². The molecule has 3 rings (SSSR count). The van der Waals surface area contributed by atoms with Gasteiger partial charge in [0, 0.05) is 6.54 Å². The van der Waals surface area contributed by atoms with Crippen LogP contribution in [-0.4, -0.2) is 42.7 Å². The van der Waals surface area contributed by atoms with E-state index in [9.17, 15) is 4.79 Å². The molecule has 142 valence electrons. The van der Waals surface area contributed by atoms with Crippen LogP contribution in [0.2, 0.25) is 0 Å². The quantitative estimate of drug-likeness (QED) is 0.695. The molecule has 1 N–H and O–H groups in total. The summed E-state index contributed by atoms with van der Waals surface area (Å²) < 4.78 is 10.6. The lowest BCUT2D eigenvalue weighted by atomic mass is 10.1. The molecule has 0 bridgehead atoms. The van der Waals surface area contributed by atoms with E-state index in [4.69, 9.17) is 9.47 Å². The van der Waals surface area contributed by atoms with Crippen LogP contribution in [0.15, 0.2) is 47.3 Å². The van der Waals surface area contributed by atoms with Crippen molar-refractivity contribution in [1.29, 1.82) is 0 Å². The number of hydrogen-bond donors (Lipinski definition) is 1. The fourth-order valence-electron chi connectivity index (χ4n) is 3.05. The number of H-pyrrole nitrogens is 1. The smallest absolute Gasteiger partial charge is 0.258 e. The van der Waals surface area contributed by atoms with E-state index in [-0.39, 0.29) is 11.6 Å². The number of methoxy groups -OCH3 is 2. The molecule has 6 heteroatoms. The van der Waals surface area contributed by atoms with E-state index < -0.39 is 0 Å². The first kappa shape index (κ1) is 18.9. The van der Waals surface area contributed by atoms with E-state index in [0.29, 0.717) is 11.2 Å².